The number of carbonyl (C=O) groups is 1. The molecule has 19 heavy (non-hydrogen) atoms. The van der Waals surface area contributed by atoms with Gasteiger partial charge in [-0.25, -0.2) is 0 Å². The average Bonchev–Trinajstić information content (AvgIpc) is 2.43. The van der Waals surface area contributed by atoms with Crippen molar-refractivity contribution in [2.24, 2.45) is 0 Å². The van der Waals surface area contributed by atoms with Gasteiger partial charge in [-0.3, -0.25) is 4.79 Å². The molecule has 2 N–H and O–H groups in total. The third kappa shape index (κ3) is 7.50. The van der Waals surface area contributed by atoms with E-state index in [-0.39, 0.29) is 12.5 Å². The summed E-state index contributed by atoms with van der Waals surface area (Å²) in [6.07, 6.45) is 5.59. The molecule has 0 saturated heterocycles. The van der Waals surface area contributed by atoms with Crippen LogP contribution in [0.5, 0.6) is 0 Å². The third-order valence-corrected chi connectivity index (χ3v) is 3.44. The van der Waals surface area contributed by atoms with Gasteiger partial charge in [-0.15, -0.1) is 0 Å². The van der Waals surface area contributed by atoms with Crippen molar-refractivity contribution in [1.29, 1.82) is 0 Å². The molecular weight excluding hydrogens is 244 g/mol. The first-order valence-electron chi connectivity index (χ1n) is 7.35. The van der Waals surface area contributed by atoms with Crippen LogP contribution in [-0.2, 0) is 14.3 Å². The summed E-state index contributed by atoms with van der Waals surface area (Å²) in [6, 6.07) is 0.948. The van der Waals surface area contributed by atoms with Crippen molar-refractivity contribution in [3.63, 3.8) is 0 Å². The van der Waals surface area contributed by atoms with Gasteiger partial charge in [-0.2, -0.15) is 0 Å². The summed E-state index contributed by atoms with van der Waals surface area (Å²) in [6.45, 7) is 4.41. The zero-order valence-corrected chi connectivity index (χ0v) is 12.2. The maximum absolute atomic E-state index is 11.6. The van der Waals surface area contributed by atoms with Crippen LogP contribution in [0.2, 0.25) is 0 Å². The van der Waals surface area contributed by atoms with E-state index in [1.165, 1.54) is 6.42 Å². The zero-order chi connectivity index (χ0) is 13.9. The van der Waals surface area contributed by atoms with E-state index in [1.807, 2.05) is 0 Å². The van der Waals surface area contributed by atoms with Gasteiger partial charge < -0.3 is 20.1 Å². The molecule has 0 aromatic rings. The van der Waals surface area contributed by atoms with Crippen molar-refractivity contribution in [2.75, 3.05) is 33.5 Å². The quantitative estimate of drug-likeness (QED) is 0.617. The lowest BCUT2D eigenvalue weighted by Gasteiger charge is -2.29. The van der Waals surface area contributed by atoms with Crippen LogP contribution in [0.25, 0.3) is 0 Å². The third-order valence-electron chi connectivity index (χ3n) is 3.44. The first kappa shape index (κ1) is 16.4. The van der Waals surface area contributed by atoms with Crippen LogP contribution in [0.3, 0.4) is 0 Å². The highest BCUT2D eigenvalue weighted by atomic mass is 16.5. The number of nitrogens with one attached hydrogen (secondary N) is 2. The first-order chi connectivity index (χ1) is 9.26. The van der Waals surface area contributed by atoms with Gasteiger partial charge in [0, 0.05) is 19.2 Å². The van der Waals surface area contributed by atoms with Gasteiger partial charge in [0.25, 0.3) is 0 Å². The van der Waals surface area contributed by atoms with Crippen LogP contribution in [0.15, 0.2) is 0 Å². The summed E-state index contributed by atoms with van der Waals surface area (Å²) >= 11 is 0. The molecule has 1 saturated carbocycles. The minimum absolute atomic E-state index is 0.0129. The Morgan fingerprint density at radius 2 is 1.84 bits per heavy atom. The molecule has 5 nitrogen and oxygen atoms in total. The predicted octanol–water partition coefficient (Wildman–Crippen LogP) is 1.08. The van der Waals surface area contributed by atoms with Crippen LogP contribution in [-0.4, -0.2) is 51.5 Å². The van der Waals surface area contributed by atoms with E-state index >= 15 is 0 Å². The van der Waals surface area contributed by atoms with Gasteiger partial charge in [0.05, 0.1) is 13.2 Å². The van der Waals surface area contributed by atoms with Crippen LogP contribution >= 0.6 is 0 Å². The van der Waals surface area contributed by atoms with Crippen LogP contribution < -0.4 is 10.6 Å². The summed E-state index contributed by atoms with van der Waals surface area (Å²) in [7, 11) is 1.62. The maximum Gasteiger partial charge on any atom is 0.246 e. The van der Waals surface area contributed by atoms with Crippen molar-refractivity contribution < 1.29 is 14.3 Å². The first-order valence-corrected chi connectivity index (χ1v) is 7.35. The molecule has 0 aliphatic heterocycles. The summed E-state index contributed by atoms with van der Waals surface area (Å²) < 4.78 is 10.1. The fourth-order valence-electron chi connectivity index (χ4n) is 2.37. The Morgan fingerprint density at radius 3 is 2.47 bits per heavy atom. The van der Waals surface area contributed by atoms with Gasteiger partial charge in [0.15, 0.2) is 0 Å². The molecule has 1 aliphatic carbocycles. The minimum Gasteiger partial charge on any atom is -0.382 e. The molecule has 1 fully saturated rings. The Morgan fingerprint density at radius 1 is 1.16 bits per heavy atom. The molecule has 0 atom stereocenters. The lowest BCUT2D eigenvalue weighted by Crippen LogP contribution is -2.43. The molecule has 0 heterocycles. The van der Waals surface area contributed by atoms with Crippen molar-refractivity contribution in [3.05, 3.63) is 0 Å². The SMILES string of the molecule is CCCNC1CCC(NC(=O)COCCOC)CC1. The Labute approximate surface area is 116 Å². The van der Waals surface area contributed by atoms with Crippen LogP contribution in [0, 0.1) is 0 Å². The van der Waals surface area contributed by atoms with Crippen molar-refractivity contribution in [3.8, 4) is 0 Å². The van der Waals surface area contributed by atoms with Crippen molar-refractivity contribution >= 4 is 5.91 Å². The Kier molecular flexibility index (Phi) is 8.79. The summed E-state index contributed by atoms with van der Waals surface area (Å²) in [5.41, 5.74) is 0. The number of hydrogen-bond donors (Lipinski definition) is 2. The maximum atomic E-state index is 11.6. The lowest BCUT2D eigenvalue weighted by atomic mass is 9.91. The number of ether oxygens (including phenoxy) is 2. The molecule has 112 valence electrons. The molecule has 1 rings (SSSR count). The molecule has 0 spiro atoms. The summed E-state index contributed by atoms with van der Waals surface area (Å²) in [4.78, 5) is 11.6. The molecule has 0 radical (unpaired) electrons. The largest absolute Gasteiger partial charge is 0.382 e. The number of hydrogen-bond acceptors (Lipinski definition) is 4. The molecule has 0 aromatic heterocycles. The van der Waals surface area contributed by atoms with E-state index < -0.39 is 0 Å². The summed E-state index contributed by atoms with van der Waals surface area (Å²) in [5.74, 6) is -0.0129. The molecule has 0 bridgehead atoms. The van der Waals surface area contributed by atoms with E-state index in [1.54, 1.807) is 7.11 Å². The number of rotatable bonds is 9. The van der Waals surface area contributed by atoms with Gasteiger partial charge >= 0.3 is 0 Å². The second-order valence-electron chi connectivity index (χ2n) is 5.12. The molecule has 1 amide bonds. The Hall–Kier alpha value is -0.650. The fraction of sp³-hybridized carbons (Fsp3) is 0.929. The van der Waals surface area contributed by atoms with E-state index in [2.05, 4.69) is 17.6 Å². The van der Waals surface area contributed by atoms with Crippen LogP contribution in [0.1, 0.15) is 39.0 Å². The smallest absolute Gasteiger partial charge is 0.246 e. The highest BCUT2D eigenvalue weighted by molar-refractivity contribution is 5.77. The predicted molar refractivity (Wildman–Crippen MR) is 75.2 cm³/mol. The topological polar surface area (TPSA) is 59.6 Å². The van der Waals surface area contributed by atoms with E-state index in [0.29, 0.717) is 25.3 Å². The summed E-state index contributed by atoms with van der Waals surface area (Å²) in [5, 5.41) is 6.58. The van der Waals surface area contributed by atoms with Gasteiger partial charge in [-0.05, 0) is 38.6 Å². The van der Waals surface area contributed by atoms with Crippen molar-refractivity contribution in [1.82, 2.24) is 10.6 Å². The van der Waals surface area contributed by atoms with E-state index in [4.69, 9.17) is 9.47 Å². The molecular formula is C14H28N2O3. The molecule has 1 aliphatic rings. The number of amides is 1. The Bertz CT molecular complexity index is 241. The minimum atomic E-state index is -0.0129. The lowest BCUT2D eigenvalue weighted by molar-refractivity contribution is -0.127. The number of methoxy groups -OCH3 is 1. The standard InChI is InChI=1S/C14H28N2O3/c1-3-8-15-12-4-6-13(7-5-12)16-14(17)11-19-10-9-18-2/h12-13,15H,3-11H2,1-2H3,(H,16,17). The zero-order valence-electron chi connectivity index (χ0n) is 12.2. The van der Waals surface area contributed by atoms with E-state index in [0.717, 1.165) is 32.2 Å². The second-order valence-corrected chi connectivity index (χ2v) is 5.12. The average molecular weight is 272 g/mol. The second kappa shape index (κ2) is 10.2. The van der Waals surface area contributed by atoms with Gasteiger partial charge in [-0.1, -0.05) is 6.92 Å². The monoisotopic (exact) mass is 272 g/mol. The molecule has 0 unspecified atom stereocenters. The van der Waals surface area contributed by atoms with E-state index in [9.17, 15) is 4.79 Å². The fourth-order valence-corrected chi connectivity index (χ4v) is 2.37. The Balaban J connectivity index is 2.06. The van der Waals surface area contributed by atoms with Crippen LogP contribution in [0.4, 0.5) is 0 Å². The highest BCUT2D eigenvalue weighted by Crippen LogP contribution is 2.18. The van der Waals surface area contributed by atoms with Gasteiger partial charge in [0.2, 0.25) is 5.91 Å². The molecule has 0 aromatic carbocycles. The number of carbonyl (C=O) groups excluding carboxylic acids is 1. The molecule has 5 heteroatoms. The highest BCUT2D eigenvalue weighted by Gasteiger charge is 2.21. The normalized spacial score (nSPS) is 23.3. The van der Waals surface area contributed by atoms with Crippen molar-refractivity contribution in [2.45, 2.75) is 51.1 Å². The van der Waals surface area contributed by atoms with Gasteiger partial charge in [0.1, 0.15) is 6.61 Å².